The third-order valence-electron chi connectivity index (χ3n) is 3.82. The highest BCUT2D eigenvalue weighted by Gasteiger charge is 2.40. The fraction of sp³-hybridized carbons (Fsp3) is 0.150. The first-order chi connectivity index (χ1) is 13.6. The van der Waals surface area contributed by atoms with Crippen LogP contribution in [-0.2, 0) is 9.59 Å². The molecule has 1 aliphatic rings. The van der Waals surface area contributed by atoms with E-state index in [1.54, 1.807) is 14.1 Å². The molecular formula is C20H17ClF2N2O4. The van der Waals surface area contributed by atoms with Crippen LogP contribution in [0.3, 0.4) is 0 Å². The maximum Gasteiger partial charge on any atom is 0.387 e. The lowest BCUT2D eigenvalue weighted by molar-refractivity contribution is -0.134. The van der Waals surface area contributed by atoms with Crippen LogP contribution in [0.2, 0.25) is 5.02 Å². The van der Waals surface area contributed by atoms with Crippen LogP contribution >= 0.6 is 11.6 Å². The number of Topliss-reactive ketones (excluding diaryl/α,β-unsaturated/α-hetero) is 1. The third kappa shape index (κ3) is 4.43. The predicted octanol–water partition coefficient (Wildman–Crippen LogP) is 3.56. The van der Waals surface area contributed by atoms with Crippen molar-refractivity contribution in [2.75, 3.05) is 14.1 Å². The molecule has 2 amide bonds. The minimum Gasteiger partial charge on any atom is -0.434 e. The Hall–Kier alpha value is -3.26. The minimum absolute atomic E-state index is 0.0300. The van der Waals surface area contributed by atoms with E-state index >= 15 is 0 Å². The van der Waals surface area contributed by atoms with E-state index in [1.807, 2.05) is 0 Å². The summed E-state index contributed by atoms with van der Waals surface area (Å²) in [5, 5.41) is 0.0786. The average molecular weight is 423 g/mol. The van der Waals surface area contributed by atoms with Gasteiger partial charge in [0.25, 0.3) is 11.8 Å². The van der Waals surface area contributed by atoms with Crippen LogP contribution in [0, 0.1) is 0 Å². The molecule has 29 heavy (non-hydrogen) atoms. The summed E-state index contributed by atoms with van der Waals surface area (Å²) in [6.07, 6.45) is 3.58. The fourth-order valence-electron chi connectivity index (χ4n) is 2.66. The Kier molecular flexibility index (Phi) is 6.71. The number of nitrogens with zero attached hydrogens (tertiary/aromatic N) is 2. The lowest BCUT2D eigenvalue weighted by Crippen LogP contribution is -2.35. The first kappa shape index (κ1) is 22.0. The van der Waals surface area contributed by atoms with Crippen molar-refractivity contribution in [1.29, 1.82) is 0 Å². The number of ether oxygens (including phenoxy) is 1. The molecule has 2 rings (SSSR count). The lowest BCUT2D eigenvalue weighted by atomic mass is 10.1. The van der Waals surface area contributed by atoms with Crippen molar-refractivity contribution in [3.8, 4) is 5.75 Å². The molecule has 1 aliphatic heterocycles. The SMILES string of the molecule is C=CC1=C(C=C)C(=O)N(/C(=C/N(C)C)C(=O)c2cc(Cl)ccc2OC(F)F)C1=O. The molecule has 0 atom stereocenters. The number of ketones is 1. The lowest BCUT2D eigenvalue weighted by Gasteiger charge is -2.21. The van der Waals surface area contributed by atoms with Crippen LogP contribution in [0.1, 0.15) is 10.4 Å². The molecule has 0 N–H and O–H groups in total. The summed E-state index contributed by atoms with van der Waals surface area (Å²) in [4.78, 5) is 40.8. The van der Waals surface area contributed by atoms with Crippen molar-refractivity contribution >= 4 is 29.2 Å². The van der Waals surface area contributed by atoms with Gasteiger partial charge in [-0.25, -0.2) is 4.90 Å². The number of carbonyl (C=O) groups is 3. The predicted molar refractivity (Wildman–Crippen MR) is 103 cm³/mol. The highest BCUT2D eigenvalue weighted by molar-refractivity contribution is 6.31. The number of imide groups is 1. The summed E-state index contributed by atoms with van der Waals surface area (Å²) in [6, 6.07) is 3.49. The minimum atomic E-state index is -3.19. The van der Waals surface area contributed by atoms with E-state index in [2.05, 4.69) is 17.9 Å². The molecule has 0 unspecified atom stereocenters. The largest absolute Gasteiger partial charge is 0.434 e. The van der Waals surface area contributed by atoms with Crippen LogP contribution in [0.4, 0.5) is 8.78 Å². The van der Waals surface area contributed by atoms with E-state index in [0.29, 0.717) is 4.90 Å². The molecule has 0 saturated carbocycles. The summed E-state index contributed by atoms with van der Waals surface area (Å²) in [6.45, 7) is 3.81. The van der Waals surface area contributed by atoms with Gasteiger partial charge in [-0.05, 0) is 18.2 Å². The Labute approximate surface area is 171 Å². The summed E-state index contributed by atoms with van der Waals surface area (Å²) in [7, 11) is 3.12. The quantitative estimate of drug-likeness (QED) is 0.364. The van der Waals surface area contributed by atoms with Crippen molar-refractivity contribution < 1.29 is 27.9 Å². The molecule has 152 valence electrons. The monoisotopic (exact) mass is 422 g/mol. The molecule has 0 radical (unpaired) electrons. The van der Waals surface area contributed by atoms with Gasteiger partial charge in [-0.15, -0.1) is 0 Å². The van der Waals surface area contributed by atoms with Gasteiger partial charge >= 0.3 is 6.61 Å². The summed E-state index contributed by atoms with van der Waals surface area (Å²) in [5.74, 6) is -2.94. The number of carbonyl (C=O) groups excluding carboxylic acids is 3. The van der Waals surface area contributed by atoms with E-state index < -0.39 is 30.0 Å². The molecular weight excluding hydrogens is 406 g/mol. The number of benzene rings is 1. The first-order valence-corrected chi connectivity index (χ1v) is 8.55. The van der Waals surface area contributed by atoms with Gasteiger partial charge in [-0.1, -0.05) is 36.9 Å². The second-order valence-electron chi connectivity index (χ2n) is 6.01. The molecule has 0 fully saturated rings. The molecule has 1 aromatic carbocycles. The molecule has 1 heterocycles. The van der Waals surface area contributed by atoms with Gasteiger partial charge < -0.3 is 9.64 Å². The van der Waals surface area contributed by atoms with Crippen molar-refractivity contribution in [2.24, 2.45) is 0 Å². The van der Waals surface area contributed by atoms with Gasteiger partial charge in [0.15, 0.2) is 0 Å². The van der Waals surface area contributed by atoms with Gasteiger partial charge in [0.05, 0.1) is 16.7 Å². The topological polar surface area (TPSA) is 66.9 Å². The van der Waals surface area contributed by atoms with Gasteiger partial charge in [0.2, 0.25) is 5.78 Å². The van der Waals surface area contributed by atoms with Gasteiger partial charge in [-0.3, -0.25) is 14.4 Å². The van der Waals surface area contributed by atoms with E-state index in [-0.39, 0.29) is 27.4 Å². The normalized spacial score (nSPS) is 14.6. The van der Waals surface area contributed by atoms with Crippen molar-refractivity contribution in [1.82, 2.24) is 9.80 Å². The molecule has 1 aromatic rings. The zero-order chi connectivity index (χ0) is 21.9. The molecule has 0 bridgehead atoms. The summed E-state index contributed by atoms with van der Waals surface area (Å²) < 4.78 is 29.9. The van der Waals surface area contributed by atoms with E-state index in [0.717, 1.165) is 12.1 Å². The van der Waals surface area contributed by atoms with Crippen molar-refractivity contribution in [3.63, 3.8) is 0 Å². The van der Waals surface area contributed by atoms with Crippen LogP contribution < -0.4 is 4.74 Å². The van der Waals surface area contributed by atoms with Crippen molar-refractivity contribution in [3.05, 3.63) is 77.1 Å². The number of hydrogen-bond donors (Lipinski definition) is 0. The Balaban J connectivity index is 2.62. The standard InChI is InChI=1S/C20H17ClF2N2O4/c1-5-12-13(6-2)19(28)25(18(12)27)15(10-24(3)4)17(26)14-9-11(21)7-8-16(14)29-20(22)23/h5-10,20H,1-2H2,3-4H3/b15-10+. The highest BCUT2D eigenvalue weighted by Crippen LogP contribution is 2.31. The molecule has 9 heteroatoms. The number of alkyl halides is 2. The van der Waals surface area contributed by atoms with Crippen LogP contribution in [-0.4, -0.2) is 48.1 Å². The van der Waals surface area contributed by atoms with Gasteiger partial charge in [-0.2, -0.15) is 8.78 Å². The molecule has 0 aliphatic carbocycles. The second kappa shape index (κ2) is 8.83. The first-order valence-electron chi connectivity index (χ1n) is 8.17. The Bertz CT molecular complexity index is 937. The number of amides is 2. The van der Waals surface area contributed by atoms with E-state index in [1.165, 1.54) is 29.3 Å². The average Bonchev–Trinajstić information content (AvgIpc) is 2.89. The summed E-state index contributed by atoms with van der Waals surface area (Å²) in [5.41, 5.74) is -0.767. The molecule has 0 spiro atoms. The van der Waals surface area contributed by atoms with Gasteiger partial charge in [0, 0.05) is 25.3 Å². The van der Waals surface area contributed by atoms with E-state index in [9.17, 15) is 23.2 Å². The Morgan fingerprint density at radius 1 is 1.17 bits per heavy atom. The number of hydrogen-bond acceptors (Lipinski definition) is 5. The summed E-state index contributed by atoms with van der Waals surface area (Å²) >= 11 is 5.91. The van der Waals surface area contributed by atoms with E-state index in [4.69, 9.17) is 11.6 Å². The van der Waals surface area contributed by atoms with Gasteiger partial charge in [0.1, 0.15) is 11.4 Å². The van der Waals surface area contributed by atoms with Crippen LogP contribution in [0.15, 0.2) is 66.6 Å². The molecule has 0 aromatic heterocycles. The Morgan fingerprint density at radius 2 is 1.72 bits per heavy atom. The molecule has 0 saturated heterocycles. The number of allylic oxidation sites excluding steroid dienone is 1. The van der Waals surface area contributed by atoms with Crippen LogP contribution in [0.25, 0.3) is 0 Å². The maximum atomic E-state index is 13.2. The van der Waals surface area contributed by atoms with Crippen molar-refractivity contribution in [2.45, 2.75) is 6.61 Å². The maximum absolute atomic E-state index is 13.2. The van der Waals surface area contributed by atoms with Crippen LogP contribution in [0.5, 0.6) is 5.75 Å². The zero-order valence-electron chi connectivity index (χ0n) is 15.6. The Morgan fingerprint density at radius 3 is 2.17 bits per heavy atom. The zero-order valence-corrected chi connectivity index (χ0v) is 16.4. The number of rotatable bonds is 8. The third-order valence-corrected chi connectivity index (χ3v) is 4.06. The smallest absolute Gasteiger partial charge is 0.387 e. The fourth-order valence-corrected chi connectivity index (χ4v) is 2.83. The highest BCUT2D eigenvalue weighted by atomic mass is 35.5. The molecule has 6 nitrogen and oxygen atoms in total. The number of halogens is 3. The second-order valence-corrected chi connectivity index (χ2v) is 6.44.